The molecule has 0 heterocycles. The van der Waals surface area contributed by atoms with E-state index >= 15 is 0 Å². The maximum atomic E-state index is 10.8. The monoisotopic (exact) mass is 174 g/mol. The number of hydrogen-bond donors (Lipinski definition) is 1. The van der Waals surface area contributed by atoms with Crippen molar-refractivity contribution in [1.82, 2.24) is 0 Å². The Bertz CT molecular complexity index is 145. The Labute approximate surface area is 71.7 Å². The molecule has 0 rings (SSSR count). The number of hydrogen-bond acceptors (Lipinski definition) is 3. The molecule has 0 bridgehead atoms. The normalized spacial score (nSPS) is 15.5. The number of thioether (sulfide) groups is 1. The van der Waals surface area contributed by atoms with Crippen LogP contribution in [0.25, 0.3) is 0 Å². The minimum absolute atomic E-state index is 0.0366. The second-order valence-electron chi connectivity index (χ2n) is 2.32. The van der Waals surface area contributed by atoms with Crippen LogP contribution in [0.4, 0.5) is 0 Å². The summed E-state index contributed by atoms with van der Waals surface area (Å²) in [4.78, 5) is 10.8. The molecule has 0 fully saturated rings. The van der Waals surface area contributed by atoms with E-state index in [2.05, 4.69) is 6.58 Å². The van der Waals surface area contributed by atoms with Crippen LogP contribution >= 0.6 is 11.8 Å². The molecule has 3 heteroatoms. The predicted octanol–water partition coefficient (Wildman–Crippen LogP) is 1.59. The van der Waals surface area contributed by atoms with Gasteiger partial charge in [-0.3, -0.25) is 4.79 Å². The predicted molar refractivity (Wildman–Crippen MR) is 48.6 cm³/mol. The van der Waals surface area contributed by atoms with Gasteiger partial charge in [0.1, 0.15) is 0 Å². The van der Waals surface area contributed by atoms with Gasteiger partial charge in [0.25, 0.3) is 0 Å². The van der Waals surface area contributed by atoms with E-state index in [1.807, 2.05) is 13.8 Å². The largest absolute Gasteiger partial charge is 0.392 e. The number of carbonyl (C=O) groups is 1. The van der Waals surface area contributed by atoms with Crippen molar-refractivity contribution < 1.29 is 9.90 Å². The SMILES string of the molecule is C=CC(=O)SC(C)C(O)CC. The van der Waals surface area contributed by atoms with Crippen LogP contribution in [0, 0.1) is 0 Å². The highest BCUT2D eigenvalue weighted by atomic mass is 32.2. The molecular formula is C8H14O2S. The number of rotatable bonds is 4. The molecule has 0 amide bonds. The van der Waals surface area contributed by atoms with Crippen molar-refractivity contribution in [2.45, 2.75) is 31.6 Å². The topological polar surface area (TPSA) is 37.3 Å². The summed E-state index contributed by atoms with van der Waals surface area (Å²) in [5.74, 6) is 0. The van der Waals surface area contributed by atoms with Gasteiger partial charge in [-0.1, -0.05) is 32.2 Å². The van der Waals surface area contributed by atoms with E-state index in [0.29, 0.717) is 6.42 Å². The van der Waals surface area contributed by atoms with Crippen LogP contribution < -0.4 is 0 Å². The highest BCUT2D eigenvalue weighted by Gasteiger charge is 2.14. The summed E-state index contributed by atoms with van der Waals surface area (Å²) in [5.41, 5.74) is 0. The van der Waals surface area contributed by atoms with Crippen LogP contribution in [0.1, 0.15) is 20.3 Å². The standard InChI is InChI=1S/C8H14O2S/c1-4-7(9)6(3)11-8(10)5-2/h5-7,9H,2,4H2,1,3H3. The molecule has 0 spiro atoms. The van der Waals surface area contributed by atoms with Crippen LogP contribution in [-0.2, 0) is 4.79 Å². The summed E-state index contributed by atoms with van der Waals surface area (Å²) in [5, 5.41) is 9.15. The Morgan fingerprint density at radius 2 is 2.36 bits per heavy atom. The van der Waals surface area contributed by atoms with Gasteiger partial charge in [-0.25, -0.2) is 0 Å². The first-order valence-corrected chi connectivity index (χ1v) is 4.50. The zero-order chi connectivity index (χ0) is 8.85. The van der Waals surface area contributed by atoms with Gasteiger partial charge in [0.05, 0.1) is 6.10 Å². The van der Waals surface area contributed by atoms with Gasteiger partial charge in [0.15, 0.2) is 0 Å². The van der Waals surface area contributed by atoms with Crippen LogP contribution in [0.15, 0.2) is 12.7 Å². The average Bonchev–Trinajstić information content (AvgIpc) is 2.02. The molecule has 0 saturated heterocycles. The number of aliphatic hydroxyl groups excluding tert-OH is 1. The summed E-state index contributed by atoms with van der Waals surface area (Å²) in [6, 6.07) is 0. The number of aliphatic hydroxyl groups is 1. The smallest absolute Gasteiger partial charge is 0.211 e. The first-order valence-electron chi connectivity index (χ1n) is 3.63. The summed E-state index contributed by atoms with van der Waals surface area (Å²) < 4.78 is 0. The van der Waals surface area contributed by atoms with E-state index in [0.717, 1.165) is 11.8 Å². The first-order chi connectivity index (χ1) is 5.11. The average molecular weight is 174 g/mol. The molecular weight excluding hydrogens is 160 g/mol. The molecule has 0 radical (unpaired) electrons. The number of carbonyl (C=O) groups excluding carboxylic acids is 1. The Kier molecular flexibility index (Phi) is 5.24. The van der Waals surface area contributed by atoms with Gasteiger partial charge in [0.2, 0.25) is 5.12 Å². The first kappa shape index (κ1) is 10.7. The molecule has 0 aliphatic carbocycles. The molecule has 0 aromatic rings. The molecule has 11 heavy (non-hydrogen) atoms. The third-order valence-corrected chi connectivity index (χ3v) is 2.51. The van der Waals surface area contributed by atoms with E-state index in [-0.39, 0.29) is 10.4 Å². The minimum Gasteiger partial charge on any atom is -0.392 e. The summed E-state index contributed by atoms with van der Waals surface area (Å²) in [7, 11) is 0. The molecule has 0 aromatic heterocycles. The fourth-order valence-electron chi connectivity index (χ4n) is 0.642. The van der Waals surface area contributed by atoms with E-state index in [9.17, 15) is 9.90 Å². The van der Waals surface area contributed by atoms with Gasteiger partial charge >= 0.3 is 0 Å². The Hall–Kier alpha value is -0.280. The molecule has 2 unspecified atom stereocenters. The van der Waals surface area contributed by atoms with Gasteiger partial charge in [0, 0.05) is 5.25 Å². The second kappa shape index (κ2) is 5.38. The van der Waals surface area contributed by atoms with Crippen molar-refractivity contribution in [3.05, 3.63) is 12.7 Å². The van der Waals surface area contributed by atoms with E-state index in [1.54, 1.807) is 0 Å². The summed E-state index contributed by atoms with van der Waals surface area (Å²) in [6.45, 7) is 7.07. The quantitative estimate of drug-likeness (QED) is 0.658. The van der Waals surface area contributed by atoms with Crippen molar-refractivity contribution in [1.29, 1.82) is 0 Å². The fraction of sp³-hybridized carbons (Fsp3) is 0.625. The third kappa shape index (κ3) is 4.22. The highest BCUT2D eigenvalue weighted by Crippen LogP contribution is 2.17. The van der Waals surface area contributed by atoms with E-state index in [4.69, 9.17) is 0 Å². The Balaban J connectivity index is 3.76. The zero-order valence-corrected chi connectivity index (χ0v) is 7.73. The lowest BCUT2D eigenvalue weighted by Gasteiger charge is -2.14. The maximum Gasteiger partial charge on any atom is 0.211 e. The minimum atomic E-state index is -0.399. The van der Waals surface area contributed by atoms with Gasteiger partial charge in [-0.05, 0) is 12.5 Å². The molecule has 0 aliphatic heterocycles. The van der Waals surface area contributed by atoms with Crippen LogP contribution in [-0.4, -0.2) is 21.6 Å². The molecule has 0 aliphatic rings. The zero-order valence-electron chi connectivity index (χ0n) is 6.91. The maximum absolute atomic E-state index is 10.8. The van der Waals surface area contributed by atoms with E-state index < -0.39 is 6.10 Å². The summed E-state index contributed by atoms with van der Waals surface area (Å²) >= 11 is 1.13. The molecule has 0 aromatic carbocycles. The fourth-order valence-corrected chi connectivity index (χ4v) is 1.45. The van der Waals surface area contributed by atoms with Gasteiger partial charge in [-0.15, -0.1) is 0 Å². The lowest BCUT2D eigenvalue weighted by molar-refractivity contribution is -0.107. The molecule has 1 N–H and O–H groups in total. The van der Waals surface area contributed by atoms with Crippen molar-refractivity contribution in [2.24, 2.45) is 0 Å². The second-order valence-corrected chi connectivity index (χ2v) is 3.70. The van der Waals surface area contributed by atoms with Crippen molar-refractivity contribution in [3.8, 4) is 0 Å². The van der Waals surface area contributed by atoms with Gasteiger partial charge < -0.3 is 5.11 Å². The Morgan fingerprint density at radius 3 is 2.73 bits per heavy atom. The Morgan fingerprint density at radius 1 is 1.82 bits per heavy atom. The molecule has 2 nitrogen and oxygen atoms in total. The van der Waals surface area contributed by atoms with E-state index in [1.165, 1.54) is 6.08 Å². The lowest BCUT2D eigenvalue weighted by Crippen LogP contribution is -2.19. The lowest BCUT2D eigenvalue weighted by atomic mass is 10.2. The van der Waals surface area contributed by atoms with Crippen molar-refractivity contribution >= 4 is 16.9 Å². The van der Waals surface area contributed by atoms with Crippen molar-refractivity contribution in [3.63, 3.8) is 0 Å². The van der Waals surface area contributed by atoms with Crippen LogP contribution in [0.3, 0.4) is 0 Å². The molecule has 0 saturated carbocycles. The van der Waals surface area contributed by atoms with Crippen LogP contribution in [0.5, 0.6) is 0 Å². The van der Waals surface area contributed by atoms with Crippen molar-refractivity contribution in [2.75, 3.05) is 0 Å². The molecule has 64 valence electrons. The summed E-state index contributed by atoms with van der Waals surface area (Å²) in [6.07, 6.45) is 1.55. The van der Waals surface area contributed by atoms with Gasteiger partial charge in [-0.2, -0.15) is 0 Å². The third-order valence-electron chi connectivity index (χ3n) is 1.43. The van der Waals surface area contributed by atoms with Crippen LogP contribution in [0.2, 0.25) is 0 Å². The highest BCUT2D eigenvalue weighted by molar-refractivity contribution is 8.14. The molecule has 2 atom stereocenters.